The number of ether oxygens (including phenoxy) is 2. The Labute approximate surface area is 148 Å². The van der Waals surface area contributed by atoms with E-state index in [2.05, 4.69) is 4.74 Å². The van der Waals surface area contributed by atoms with Gasteiger partial charge in [0.15, 0.2) is 0 Å². The van der Waals surface area contributed by atoms with Gasteiger partial charge in [-0.2, -0.15) is 0 Å². The number of carbonyl (C=O) groups is 1. The van der Waals surface area contributed by atoms with E-state index in [4.69, 9.17) is 4.74 Å². The second kappa shape index (κ2) is 10.0. The lowest BCUT2D eigenvalue weighted by Crippen LogP contribution is -2.54. The zero-order valence-corrected chi connectivity index (χ0v) is 15.2. The van der Waals surface area contributed by atoms with E-state index in [1.165, 1.54) is 14.0 Å². The Morgan fingerprint density at radius 3 is 2.48 bits per heavy atom. The Morgan fingerprint density at radius 1 is 1.28 bits per heavy atom. The third-order valence-electron chi connectivity index (χ3n) is 4.64. The summed E-state index contributed by atoms with van der Waals surface area (Å²) in [6, 6.07) is 0. The summed E-state index contributed by atoms with van der Waals surface area (Å²) in [6.45, 7) is 5.27. The zero-order chi connectivity index (χ0) is 19.1. The topological polar surface area (TPSA) is 116 Å². The molecule has 1 saturated heterocycles. The van der Waals surface area contributed by atoms with Crippen molar-refractivity contribution in [3.05, 3.63) is 23.8 Å². The highest BCUT2D eigenvalue weighted by Crippen LogP contribution is 2.27. The molecule has 0 aromatic carbocycles. The molecule has 0 amide bonds. The van der Waals surface area contributed by atoms with E-state index in [0.717, 1.165) is 6.08 Å². The molecule has 0 radical (unpaired) electrons. The Balaban J connectivity index is 2.67. The maximum atomic E-state index is 11.2. The summed E-state index contributed by atoms with van der Waals surface area (Å²) < 4.78 is 10.0. The molecule has 0 aliphatic carbocycles. The highest BCUT2D eigenvalue weighted by molar-refractivity contribution is 5.82. The lowest BCUT2D eigenvalue weighted by atomic mass is 9.86. The number of rotatable bonds is 7. The minimum atomic E-state index is -1.28. The molecular weight excluding hydrogens is 328 g/mol. The quantitative estimate of drug-likeness (QED) is 0.291. The average Bonchev–Trinajstić information content (AvgIpc) is 2.57. The van der Waals surface area contributed by atoms with Crippen LogP contribution in [0.5, 0.6) is 0 Å². The molecule has 0 saturated carbocycles. The number of methoxy groups -OCH3 is 1. The van der Waals surface area contributed by atoms with Crippen LogP contribution in [0.1, 0.15) is 27.2 Å². The lowest BCUT2D eigenvalue weighted by Gasteiger charge is -2.39. The van der Waals surface area contributed by atoms with Gasteiger partial charge in [0.1, 0.15) is 18.3 Å². The SMILES string of the molecule is COC(=O)/C=C(\C)[C@@H](O)[C@@H]1OC[C@H](C/C=C/[C@@H](C)[C@H](C)O)[C@@H](O)[C@H]1O. The van der Waals surface area contributed by atoms with Gasteiger partial charge < -0.3 is 29.9 Å². The van der Waals surface area contributed by atoms with Gasteiger partial charge in [-0.3, -0.25) is 0 Å². The van der Waals surface area contributed by atoms with E-state index >= 15 is 0 Å². The number of aliphatic hydroxyl groups excluding tert-OH is 4. The smallest absolute Gasteiger partial charge is 0.330 e. The van der Waals surface area contributed by atoms with E-state index in [9.17, 15) is 25.2 Å². The molecule has 144 valence electrons. The molecule has 1 fully saturated rings. The molecule has 7 nitrogen and oxygen atoms in total. The summed E-state index contributed by atoms with van der Waals surface area (Å²) in [4.78, 5) is 11.2. The third kappa shape index (κ3) is 6.20. The van der Waals surface area contributed by atoms with Crippen LogP contribution in [0.4, 0.5) is 0 Å². The summed E-state index contributed by atoms with van der Waals surface area (Å²) >= 11 is 0. The molecular formula is C18H30O7. The van der Waals surface area contributed by atoms with Crippen molar-refractivity contribution in [2.45, 2.75) is 57.7 Å². The van der Waals surface area contributed by atoms with Gasteiger partial charge in [-0.05, 0) is 31.8 Å². The van der Waals surface area contributed by atoms with Gasteiger partial charge >= 0.3 is 5.97 Å². The number of hydrogen-bond acceptors (Lipinski definition) is 7. The van der Waals surface area contributed by atoms with Crippen LogP contribution in [-0.4, -0.2) is 70.6 Å². The highest BCUT2D eigenvalue weighted by atomic mass is 16.5. The number of carbonyl (C=O) groups excluding carboxylic acids is 1. The molecule has 0 aromatic rings. The van der Waals surface area contributed by atoms with Crippen molar-refractivity contribution in [2.24, 2.45) is 11.8 Å². The van der Waals surface area contributed by atoms with E-state index in [0.29, 0.717) is 6.42 Å². The Bertz CT molecular complexity index is 486. The molecule has 1 rings (SSSR count). The molecule has 0 bridgehead atoms. The third-order valence-corrected chi connectivity index (χ3v) is 4.64. The summed E-state index contributed by atoms with van der Waals surface area (Å²) in [5.41, 5.74) is 0.284. The van der Waals surface area contributed by atoms with Crippen molar-refractivity contribution in [1.29, 1.82) is 0 Å². The molecule has 4 N–H and O–H groups in total. The van der Waals surface area contributed by atoms with Gasteiger partial charge in [-0.1, -0.05) is 19.1 Å². The molecule has 7 heteroatoms. The van der Waals surface area contributed by atoms with Crippen molar-refractivity contribution in [3.8, 4) is 0 Å². The van der Waals surface area contributed by atoms with E-state index in [-0.39, 0.29) is 24.0 Å². The average molecular weight is 358 g/mol. The molecule has 0 unspecified atom stereocenters. The van der Waals surface area contributed by atoms with Gasteiger partial charge in [0, 0.05) is 12.0 Å². The Morgan fingerprint density at radius 2 is 1.92 bits per heavy atom. The van der Waals surface area contributed by atoms with Gasteiger partial charge in [-0.15, -0.1) is 0 Å². The normalized spacial score (nSPS) is 31.6. The standard InChI is InChI=1S/C18H30O7/c1-10(12(3)19)6-5-7-13-9-25-18(17(23)16(13)22)15(21)11(2)8-14(20)24-4/h5-6,8,10,12-13,15-19,21-23H,7,9H2,1-4H3/b6-5+,11-8+/t10-,12+,13+,15-,16-,17-,18+/m1/s1. The van der Waals surface area contributed by atoms with Crippen molar-refractivity contribution in [1.82, 2.24) is 0 Å². The molecule has 1 aliphatic rings. The molecule has 0 aromatic heterocycles. The van der Waals surface area contributed by atoms with Crippen LogP contribution in [0.15, 0.2) is 23.8 Å². The van der Waals surface area contributed by atoms with Gasteiger partial charge in [0.25, 0.3) is 0 Å². The predicted molar refractivity (Wildman–Crippen MR) is 91.6 cm³/mol. The van der Waals surface area contributed by atoms with E-state index in [1.54, 1.807) is 6.92 Å². The maximum absolute atomic E-state index is 11.2. The van der Waals surface area contributed by atoms with E-state index in [1.807, 2.05) is 19.1 Å². The number of hydrogen-bond donors (Lipinski definition) is 4. The van der Waals surface area contributed by atoms with Crippen LogP contribution in [-0.2, 0) is 14.3 Å². The van der Waals surface area contributed by atoms with Crippen molar-refractivity contribution < 1.29 is 34.7 Å². The fraction of sp³-hybridized carbons (Fsp3) is 0.722. The second-order valence-electron chi connectivity index (χ2n) is 6.66. The lowest BCUT2D eigenvalue weighted by molar-refractivity contribution is -0.187. The van der Waals surface area contributed by atoms with Crippen LogP contribution in [0.3, 0.4) is 0 Å². The monoisotopic (exact) mass is 358 g/mol. The summed E-state index contributed by atoms with van der Waals surface area (Å²) in [6.07, 6.45) is 0.257. The molecule has 1 heterocycles. The Kier molecular flexibility index (Phi) is 8.75. The van der Waals surface area contributed by atoms with Crippen LogP contribution in [0.25, 0.3) is 0 Å². The summed E-state index contributed by atoms with van der Waals surface area (Å²) in [7, 11) is 1.23. The first-order chi connectivity index (χ1) is 11.7. The predicted octanol–water partition coefficient (Wildman–Crippen LogP) is 0.167. The maximum Gasteiger partial charge on any atom is 0.330 e. The zero-order valence-electron chi connectivity index (χ0n) is 15.2. The fourth-order valence-electron chi connectivity index (χ4n) is 2.61. The number of esters is 1. The molecule has 0 spiro atoms. The largest absolute Gasteiger partial charge is 0.466 e. The first kappa shape index (κ1) is 21.8. The van der Waals surface area contributed by atoms with Gasteiger partial charge in [-0.25, -0.2) is 4.79 Å². The van der Waals surface area contributed by atoms with Crippen LogP contribution in [0.2, 0.25) is 0 Å². The van der Waals surface area contributed by atoms with Gasteiger partial charge in [0.05, 0.1) is 25.9 Å². The summed E-state index contributed by atoms with van der Waals surface area (Å²) in [5, 5.41) is 40.3. The first-order valence-electron chi connectivity index (χ1n) is 8.45. The number of aliphatic hydroxyl groups is 4. The van der Waals surface area contributed by atoms with Gasteiger partial charge in [0.2, 0.25) is 0 Å². The van der Waals surface area contributed by atoms with Crippen molar-refractivity contribution >= 4 is 5.97 Å². The highest BCUT2D eigenvalue weighted by Gasteiger charge is 2.41. The molecule has 7 atom stereocenters. The minimum absolute atomic E-state index is 0.00717. The van der Waals surface area contributed by atoms with Crippen LogP contribution < -0.4 is 0 Å². The minimum Gasteiger partial charge on any atom is -0.466 e. The van der Waals surface area contributed by atoms with Crippen molar-refractivity contribution in [2.75, 3.05) is 13.7 Å². The molecule has 1 aliphatic heterocycles. The van der Waals surface area contributed by atoms with Crippen LogP contribution >= 0.6 is 0 Å². The van der Waals surface area contributed by atoms with Crippen LogP contribution in [0, 0.1) is 11.8 Å². The Hall–Kier alpha value is -1.25. The molecule has 25 heavy (non-hydrogen) atoms. The second-order valence-corrected chi connectivity index (χ2v) is 6.66. The number of allylic oxidation sites excluding steroid dienone is 1. The van der Waals surface area contributed by atoms with Crippen molar-refractivity contribution in [3.63, 3.8) is 0 Å². The summed E-state index contributed by atoms with van der Waals surface area (Å²) in [5.74, 6) is -0.939. The first-order valence-corrected chi connectivity index (χ1v) is 8.45. The fourth-order valence-corrected chi connectivity index (χ4v) is 2.61. The van der Waals surface area contributed by atoms with E-state index < -0.39 is 36.5 Å².